The van der Waals surface area contributed by atoms with Crippen LogP contribution in [0.3, 0.4) is 0 Å². The number of carbonyl (C=O) groups is 1. The molecule has 2 fully saturated rings. The van der Waals surface area contributed by atoms with E-state index >= 15 is 0 Å². The molecule has 2 aliphatic heterocycles. The van der Waals surface area contributed by atoms with Crippen LogP contribution in [-0.4, -0.2) is 30.5 Å². The van der Waals surface area contributed by atoms with Gasteiger partial charge in [0, 0.05) is 11.9 Å². The summed E-state index contributed by atoms with van der Waals surface area (Å²) >= 11 is 2.03. The molecule has 0 aliphatic carbocycles. The summed E-state index contributed by atoms with van der Waals surface area (Å²) in [6, 6.07) is 0. The first-order valence-corrected chi connectivity index (χ1v) is 6.05. The zero-order valence-corrected chi connectivity index (χ0v) is 8.65. The van der Waals surface area contributed by atoms with Gasteiger partial charge in [-0.2, -0.15) is 11.8 Å². The summed E-state index contributed by atoms with van der Waals surface area (Å²) in [5.74, 6) is 1.28. The van der Waals surface area contributed by atoms with Crippen molar-refractivity contribution in [1.82, 2.24) is 0 Å². The Balaban J connectivity index is 1.92. The van der Waals surface area contributed by atoms with Crippen LogP contribution in [0.2, 0.25) is 0 Å². The van der Waals surface area contributed by atoms with Crippen molar-refractivity contribution in [2.45, 2.75) is 30.9 Å². The third-order valence-electron chi connectivity index (χ3n) is 3.04. The molecule has 0 aromatic carbocycles. The lowest BCUT2D eigenvalue weighted by Crippen LogP contribution is -2.26. The normalized spacial score (nSPS) is 39.5. The molecule has 74 valence electrons. The lowest BCUT2D eigenvalue weighted by Gasteiger charge is -2.23. The zero-order chi connectivity index (χ0) is 9.15. The lowest BCUT2D eigenvalue weighted by molar-refractivity contribution is -0.116. The molecule has 13 heavy (non-hydrogen) atoms. The van der Waals surface area contributed by atoms with Crippen LogP contribution in [0.1, 0.15) is 25.7 Å². The van der Waals surface area contributed by atoms with Gasteiger partial charge in [-0.15, -0.1) is 0 Å². The molecule has 0 spiro atoms. The third kappa shape index (κ3) is 2.08. The average Bonchev–Trinajstić information content (AvgIpc) is 2.77. The maximum absolute atomic E-state index is 11.0. The minimum absolute atomic E-state index is 0.123. The second-order valence-electron chi connectivity index (χ2n) is 4.12. The van der Waals surface area contributed by atoms with Crippen molar-refractivity contribution >= 4 is 18.0 Å². The van der Waals surface area contributed by atoms with Crippen LogP contribution in [0.4, 0.5) is 0 Å². The van der Waals surface area contributed by atoms with E-state index in [1.165, 1.54) is 18.6 Å². The van der Waals surface area contributed by atoms with Gasteiger partial charge in [0.15, 0.2) is 0 Å². The van der Waals surface area contributed by atoms with E-state index in [1.807, 2.05) is 11.8 Å². The molecule has 0 aromatic heterocycles. The Morgan fingerprint density at radius 1 is 1.62 bits per heavy atom. The van der Waals surface area contributed by atoms with Crippen LogP contribution >= 0.6 is 11.8 Å². The SMILES string of the molecule is O=CC1(CC2CCCS2)CCOC1. The Hall–Kier alpha value is -0.0200. The standard InChI is InChI=1S/C10H16O2S/c11-7-10(3-4-12-8-10)6-9-2-1-5-13-9/h7,9H,1-6,8H2. The first-order valence-electron chi connectivity index (χ1n) is 5.00. The molecule has 2 saturated heterocycles. The average molecular weight is 200 g/mol. The predicted molar refractivity (Wildman–Crippen MR) is 54.0 cm³/mol. The number of ether oxygens (including phenoxy) is 1. The van der Waals surface area contributed by atoms with Crippen LogP contribution in [0.5, 0.6) is 0 Å². The fraction of sp³-hybridized carbons (Fsp3) is 0.900. The van der Waals surface area contributed by atoms with Gasteiger partial charge in [-0.25, -0.2) is 0 Å². The van der Waals surface area contributed by atoms with Gasteiger partial charge in [0.25, 0.3) is 0 Å². The van der Waals surface area contributed by atoms with Crippen LogP contribution in [0.25, 0.3) is 0 Å². The van der Waals surface area contributed by atoms with Crippen LogP contribution in [0.15, 0.2) is 0 Å². The topological polar surface area (TPSA) is 26.3 Å². The van der Waals surface area contributed by atoms with E-state index < -0.39 is 0 Å². The highest BCUT2D eigenvalue weighted by molar-refractivity contribution is 8.00. The second kappa shape index (κ2) is 4.01. The molecule has 2 heterocycles. The first kappa shape index (κ1) is 9.53. The van der Waals surface area contributed by atoms with Crippen molar-refractivity contribution < 1.29 is 9.53 Å². The van der Waals surface area contributed by atoms with Crippen molar-refractivity contribution in [2.24, 2.45) is 5.41 Å². The number of thioether (sulfide) groups is 1. The van der Waals surface area contributed by atoms with Crippen molar-refractivity contribution in [1.29, 1.82) is 0 Å². The Morgan fingerprint density at radius 3 is 3.08 bits per heavy atom. The largest absolute Gasteiger partial charge is 0.380 e. The molecule has 3 heteroatoms. The zero-order valence-electron chi connectivity index (χ0n) is 7.83. The highest BCUT2D eigenvalue weighted by atomic mass is 32.2. The second-order valence-corrected chi connectivity index (χ2v) is 5.53. The van der Waals surface area contributed by atoms with Gasteiger partial charge in [-0.1, -0.05) is 0 Å². The van der Waals surface area contributed by atoms with Gasteiger partial charge >= 0.3 is 0 Å². The molecule has 0 N–H and O–H groups in total. The van der Waals surface area contributed by atoms with E-state index in [9.17, 15) is 4.79 Å². The molecule has 2 unspecified atom stereocenters. The van der Waals surface area contributed by atoms with E-state index in [1.54, 1.807) is 0 Å². The third-order valence-corrected chi connectivity index (χ3v) is 4.44. The molecule has 2 aliphatic rings. The molecular formula is C10H16O2S. The van der Waals surface area contributed by atoms with Crippen molar-refractivity contribution in [3.05, 3.63) is 0 Å². The lowest BCUT2D eigenvalue weighted by atomic mass is 9.83. The van der Waals surface area contributed by atoms with E-state index in [0.717, 1.165) is 25.7 Å². The van der Waals surface area contributed by atoms with E-state index in [4.69, 9.17) is 4.74 Å². The highest BCUT2D eigenvalue weighted by Crippen LogP contribution is 2.39. The fourth-order valence-electron chi connectivity index (χ4n) is 2.18. The van der Waals surface area contributed by atoms with Gasteiger partial charge in [0.2, 0.25) is 0 Å². The summed E-state index contributed by atoms with van der Waals surface area (Å²) in [5.41, 5.74) is -0.123. The monoisotopic (exact) mass is 200 g/mol. The van der Waals surface area contributed by atoms with Gasteiger partial charge in [0.05, 0.1) is 12.0 Å². The molecule has 0 aromatic rings. The summed E-state index contributed by atoms with van der Waals surface area (Å²) in [4.78, 5) is 11.0. The minimum Gasteiger partial charge on any atom is -0.380 e. The van der Waals surface area contributed by atoms with Crippen molar-refractivity contribution in [3.63, 3.8) is 0 Å². The molecule has 2 nitrogen and oxygen atoms in total. The summed E-state index contributed by atoms with van der Waals surface area (Å²) in [6.07, 6.45) is 5.74. The summed E-state index contributed by atoms with van der Waals surface area (Å²) in [6.45, 7) is 1.43. The highest BCUT2D eigenvalue weighted by Gasteiger charge is 2.37. The van der Waals surface area contributed by atoms with Crippen molar-refractivity contribution in [2.75, 3.05) is 19.0 Å². The van der Waals surface area contributed by atoms with Crippen LogP contribution in [-0.2, 0) is 9.53 Å². The van der Waals surface area contributed by atoms with Gasteiger partial charge in [-0.3, -0.25) is 0 Å². The Morgan fingerprint density at radius 2 is 2.54 bits per heavy atom. The summed E-state index contributed by atoms with van der Waals surface area (Å²) in [7, 11) is 0. The number of hydrogen-bond acceptors (Lipinski definition) is 3. The maximum atomic E-state index is 11.0. The quantitative estimate of drug-likeness (QED) is 0.651. The van der Waals surface area contributed by atoms with Gasteiger partial charge in [-0.05, 0) is 31.4 Å². The molecule has 2 rings (SSSR count). The smallest absolute Gasteiger partial charge is 0.128 e. The summed E-state index contributed by atoms with van der Waals surface area (Å²) < 4.78 is 5.32. The van der Waals surface area contributed by atoms with Gasteiger partial charge < -0.3 is 9.53 Å². The van der Waals surface area contributed by atoms with Gasteiger partial charge in [0.1, 0.15) is 6.29 Å². The Labute approximate surface area is 83.4 Å². The number of rotatable bonds is 3. The minimum atomic E-state index is -0.123. The number of hydrogen-bond donors (Lipinski definition) is 0. The van der Waals surface area contributed by atoms with Crippen molar-refractivity contribution in [3.8, 4) is 0 Å². The summed E-state index contributed by atoms with van der Waals surface area (Å²) in [5, 5.41) is 0.715. The molecular weight excluding hydrogens is 184 g/mol. The molecule has 0 radical (unpaired) electrons. The molecule has 2 atom stereocenters. The molecule has 0 amide bonds. The Bertz CT molecular complexity index is 181. The first-order chi connectivity index (χ1) is 6.35. The maximum Gasteiger partial charge on any atom is 0.128 e. The fourth-order valence-corrected chi connectivity index (χ4v) is 3.63. The van der Waals surface area contributed by atoms with E-state index in [2.05, 4.69) is 0 Å². The number of carbonyl (C=O) groups excluding carboxylic acids is 1. The molecule has 0 bridgehead atoms. The van der Waals surface area contributed by atoms with Crippen LogP contribution in [0, 0.1) is 5.41 Å². The predicted octanol–water partition coefficient (Wildman–Crippen LogP) is 1.88. The van der Waals surface area contributed by atoms with Crippen LogP contribution < -0.4 is 0 Å². The van der Waals surface area contributed by atoms with E-state index in [-0.39, 0.29) is 5.41 Å². The molecule has 0 saturated carbocycles. The Kier molecular flexibility index (Phi) is 2.94. The number of aldehydes is 1. The van der Waals surface area contributed by atoms with E-state index in [0.29, 0.717) is 11.9 Å².